The molecule has 0 aliphatic heterocycles. The summed E-state index contributed by atoms with van der Waals surface area (Å²) in [5.74, 6) is 1.21. The van der Waals surface area contributed by atoms with E-state index in [1.54, 1.807) is 24.3 Å². The summed E-state index contributed by atoms with van der Waals surface area (Å²) in [5.41, 5.74) is 2.06. The molecule has 0 saturated heterocycles. The largest absolute Gasteiger partial charge is 0.493 e. The quantitative estimate of drug-likeness (QED) is 0.344. The van der Waals surface area contributed by atoms with Gasteiger partial charge in [0.2, 0.25) is 0 Å². The minimum atomic E-state index is -0.467. The van der Waals surface area contributed by atoms with Crippen LogP contribution in [0.25, 0.3) is 6.08 Å². The summed E-state index contributed by atoms with van der Waals surface area (Å²) in [6.45, 7) is 6.82. The van der Waals surface area contributed by atoms with Crippen LogP contribution < -0.4 is 14.2 Å². The SMILES string of the molecule is COc1cc(/C=C/C(=O)OCCOc2ccc(C(C)(C)C)cc2)ccc1OCC#N. The van der Waals surface area contributed by atoms with Crippen molar-refractivity contribution in [2.75, 3.05) is 26.9 Å². The van der Waals surface area contributed by atoms with Crippen molar-refractivity contribution < 1.29 is 23.7 Å². The fourth-order valence-corrected chi connectivity index (χ4v) is 2.58. The summed E-state index contributed by atoms with van der Waals surface area (Å²) < 4.78 is 21.3. The highest BCUT2D eigenvalue weighted by Crippen LogP contribution is 2.28. The Labute approximate surface area is 177 Å². The van der Waals surface area contributed by atoms with Gasteiger partial charge < -0.3 is 18.9 Å². The van der Waals surface area contributed by atoms with E-state index >= 15 is 0 Å². The Morgan fingerprint density at radius 3 is 2.40 bits per heavy atom. The molecule has 0 unspecified atom stereocenters. The molecule has 0 aliphatic rings. The normalized spacial score (nSPS) is 11.0. The van der Waals surface area contributed by atoms with Crippen LogP contribution in [0.3, 0.4) is 0 Å². The van der Waals surface area contributed by atoms with E-state index < -0.39 is 5.97 Å². The zero-order chi connectivity index (χ0) is 22.0. The number of ether oxygens (including phenoxy) is 4. The lowest BCUT2D eigenvalue weighted by molar-refractivity contribution is -0.138. The predicted molar refractivity (Wildman–Crippen MR) is 115 cm³/mol. The van der Waals surface area contributed by atoms with Gasteiger partial charge in [0.05, 0.1) is 7.11 Å². The molecule has 158 valence electrons. The van der Waals surface area contributed by atoms with E-state index in [0.717, 1.165) is 11.3 Å². The van der Waals surface area contributed by atoms with Crippen LogP contribution in [-0.2, 0) is 14.9 Å². The van der Waals surface area contributed by atoms with Gasteiger partial charge in [0.15, 0.2) is 18.1 Å². The second kappa shape index (κ2) is 10.9. The number of nitrogens with zero attached hydrogens (tertiary/aromatic N) is 1. The number of methoxy groups -OCH3 is 1. The van der Waals surface area contributed by atoms with E-state index in [-0.39, 0.29) is 25.2 Å². The lowest BCUT2D eigenvalue weighted by Gasteiger charge is -2.19. The van der Waals surface area contributed by atoms with Crippen LogP contribution in [-0.4, -0.2) is 32.9 Å². The van der Waals surface area contributed by atoms with E-state index in [1.165, 1.54) is 18.7 Å². The Kier molecular flexibility index (Phi) is 8.30. The van der Waals surface area contributed by atoms with Crippen molar-refractivity contribution in [1.82, 2.24) is 0 Å². The van der Waals surface area contributed by atoms with Crippen molar-refractivity contribution in [3.63, 3.8) is 0 Å². The van der Waals surface area contributed by atoms with Crippen molar-refractivity contribution in [2.24, 2.45) is 0 Å². The fraction of sp³-hybridized carbons (Fsp3) is 0.333. The number of esters is 1. The Balaban J connectivity index is 1.79. The standard InChI is InChI=1S/C24H27NO5/c1-24(2,3)19-7-9-20(10-8-19)28-15-16-30-23(26)12-6-18-5-11-21(29-14-13-25)22(17-18)27-4/h5-12,17H,14-16H2,1-4H3/b12-6+. The van der Waals surface area contributed by atoms with Crippen LogP contribution in [0.4, 0.5) is 0 Å². The smallest absolute Gasteiger partial charge is 0.330 e. The molecule has 0 aliphatic carbocycles. The zero-order valence-corrected chi connectivity index (χ0v) is 17.8. The minimum Gasteiger partial charge on any atom is -0.493 e. The van der Waals surface area contributed by atoms with Gasteiger partial charge in [-0.2, -0.15) is 5.26 Å². The summed E-state index contributed by atoms with van der Waals surface area (Å²) in [7, 11) is 1.51. The van der Waals surface area contributed by atoms with Crippen molar-refractivity contribution >= 4 is 12.0 Å². The number of hydrogen-bond donors (Lipinski definition) is 0. The molecule has 0 heterocycles. The Morgan fingerprint density at radius 1 is 1.03 bits per heavy atom. The van der Waals surface area contributed by atoms with Crippen LogP contribution in [0, 0.1) is 11.3 Å². The Morgan fingerprint density at radius 2 is 1.77 bits per heavy atom. The van der Waals surface area contributed by atoms with Crippen LogP contribution >= 0.6 is 0 Å². The minimum absolute atomic E-state index is 0.0688. The second-order valence-electron chi connectivity index (χ2n) is 7.48. The molecule has 0 saturated carbocycles. The number of benzene rings is 2. The first kappa shape index (κ1) is 22.8. The first-order valence-corrected chi connectivity index (χ1v) is 9.59. The van der Waals surface area contributed by atoms with E-state index in [9.17, 15) is 4.79 Å². The van der Waals surface area contributed by atoms with E-state index in [4.69, 9.17) is 24.2 Å². The molecule has 6 nitrogen and oxygen atoms in total. The first-order valence-electron chi connectivity index (χ1n) is 9.59. The molecule has 0 atom stereocenters. The van der Waals surface area contributed by atoms with Gasteiger partial charge >= 0.3 is 5.97 Å². The third-order valence-corrected chi connectivity index (χ3v) is 4.21. The lowest BCUT2D eigenvalue weighted by atomic mass is 9.87. The van der Waals surface area contributed by atoms with E-state index in [2.05, 4.69) is 20.8 Å². The van der Waals surface area contributed by atoms with Gasteiger partial charge in [0.25, 0.3) is 0 Å². The molecule has 0 N–H and O–H groups in total. The summed E-state index contributed by atoms with van der Waals surface area (Å²) >= 11 is 0. The number of carbonyl (C=O) groups excluding carboxylic acids is 1. The predicted octanol–water partition coefficient (Wildman–Crippen LogP) is 4.53. The highest BCUT2D eigenvalue weighted by Gasteiger charge is 2.13. The molecule has 2 rings (SSSR count). The molecule has 0 aromatic heterocycles. The average Bonchev–Trinajstić information content (AvgIpc) is 2.73. The van der Waals surface area contributed by atoms with Crippen LogP contribution in [0.15, 0.2) is 48.5 Å². The summed E-state index contributed by atoms with van der Waals surface area (Å²) in [5, 5.41) is 8.60. The maximum atomic E-state index is 11.9. The third-order valence-electron chi connectivity index (χ3n) is 4.21. The molecule has 0 fully saturated rings. The van der Waals surface area contributed by atoms with Crippen molar-refractivity contribution in [3.8, 4) is 23.3 Å². The molecule has 2 aromatic carbocycles. The van der Waals surface area contributed by atoms with Crippen LogP contribution in [0.5, 0.6) is 17.2 Å². The van der Waals surface area contributed by atoms with Crippen LogP contribution in [0.1, 0.15) is 31.9 Å². The zero-order valence-electron chi connectivity index (χ0n) is 17.8. The summed E-state index contributed by atoms with van der Waals surface area (Å²) in [6, 6.07) is 15.0. The molecule has 0 spiro atoms. The topological polar surface area (TPSA) is 77.8 Å². The van der Waals surface area contributed by atoms with Gasteiger partial charge in [-0.05, 0) is 46.9 Å². The lowest BCUT2D eigenvalue weighted by Crippen LogP contribution is -2.12. The molecule has 0 radical (unpaired) electrons. The number of hydrogen-bond acceptors (Lipinski definition) is 6. The number of rotatable bonds is 9. The van der Waals surface area contributed by atoms with Crippen LogP contribution in [0.2, 0.25) is 0 Å². The number of carbonyl (C=O) groups is 1. The second-order valence-corrected chi connectivity index (χ2v) is 7.48. The van der Waals surface area contributed by atoms with Gasteiger partial charge in [-0.3, -0.25) is 0 Å². The molecular formula is C24H27NO5. The monoisotopic (exact) mass is 409 g/mol. The van der Waals surface area contributed by atoms with Crippen molar-refractivity contribution in [3.05, 3.63) is 59.7 Å². The molecule has 30 heavy (non-hydrogen) atoms. The van der Waals surface area contributed by atoms with Gasteiger partial charge in [-0.25, -0.2) is 4.79 Å². The average molecular weight is 409 g/mol. The van der Waals surface area contributed by atoms with E-state index in [0.29, 0.717) is 11.5 Å². The molecule has 0 bridgehead atoms. The molecule has 6 heteroatoms. The summed E-state index contributed by atoms with van der Waals surface area (Å²) in [6.07, 6.45) is 2.95. The summed E-state index contributed by atoms with van der Waals surface area (Å²) in [4.78, 5) is 11.9. The number of nitriles is 1. The molecule has 0 amide bonds. The van der Waals surface area contributed by atoms with Gasteiger partial charge in [0.1, 0.15) is 25.0 Å². The maximum absolute atomic E-state index is 11.9. The van der Waals surface area contributed by atoms with Crippen molar-refractivity contribution in [1.29, 1.82) is 5.26 Å². The Hall–Kier alpha value is -3.46. The van der Waals surface area contributed by atoms with Gasteiger partial charge in [-0.15, -0.1) is 0 Å². The highest BCUT2D eigenvalue weighted by atomic mass is 16.6. The maximum Gasteiger partial charge on any atom is 0.330 e. The van der Waals surface area contributed by atoms with Gasteiger partial charge in [0, 0.05) is 6.08 Å². The third kappa shape index (κ3) is 7.17. The van der Waals surface area contributed by atoms with E-state index in [1.807, 2.05) is 30.3 Å². The van der Waals surface area contributed by atoms with Gasteiger partial charge in [-0.1, -0.05) is 39.0 Å². The highest BCUT2D eigenvalue weighted by molar-refractivity contribution is 5.87. The Bertz CT molecular complexity index is 905. The van der Waals surface area contributed by atoms with Crippen molar-refractivity contribution in [2.45, 2.75) is 26.2 Å². The fourth-order valence-electron chi connectivity index (χ4n) is 2.58. The molecule has 2 aromatic rings. The molecular weight excluding hydrogens is 382 g/mol. The first-order chi connectivity index (χ1) is 14.3.